The average molecular weight is 224 g/mol. The first-order chi connectivity index (χ1) is 5.79. The smallest absolute Gasteiger partial charge is 0.0780 e. The maximum absolute atomic E-state index is 2.25. The van der Waals surface area contributed by atoms with Gasteiger partial charge in [0.2, 0.25) is 0 Å². The third-order valence-corrected chi connectivity index (χ3v) is 1.43. The first kappa shape index (κ1) is 24.2. The van der Waals surface area contributed by atoms with Crippen molar-refractivity contribution in [2.45, 2.75) is 26.2 Å². The van der Waals surface area contributed by atoms with Crippen molar-refractivity contribution in [1.29, 1.82) is 0 Å². The molecule has 3 N–H and O–H groups in total. The van der Waals surface area contributed by atoms with E-state index in [-0.39, 0.29) is 11.0 Å². The molecule has 0 rings (SSSR count). The molecule has 0 radical (unpaired) electrons. The van der Waals surface area contributed by atoms with Gasteiger partial charge in [-0.3, -0.25) is 0 Å². The second kappa shape index (κ2) is 13.8. The minimum Gasteiger partial charge on any atom is -0.870 e. The highest BCUT2D eigenvalue weighted by molar-refractivity contribution is 4.34. The lowest BCUT2D eigenvalue weighted by Crippen LogP contribution is -3.02. The number of nitrogens with zero attached hydrogens (tertiary/aromatic N) is 1. The molecule has 0 aliphatic carbocycles. The molecule has 0 saturated heterocycles. The molecule has 0 aliphatic rings. The third-order valence-electron chi connectivity index (χ3n) is 1.43. The maximum Gasteiger partial charge on any atom is 0.0780 e. The van der Waals surface area contributed by atoms with Gasteiger partial charge < -0.3 is 20.3 Å². The van der Waals surface area contributed by atoms with Crippen molar-refractivity contribution in [3.63, 3.8) is 0 Å². The van der Waals surface area contributed by atoms with Gasteiger partial charge in [0.1, 0.15) is 0 Å². The Bertz CT molecular complexity index is 98.5. The van der Waals surface area contributed by atoms with Crippen LogP contribution in [-0.2, 0) is 0 Å². The Morgan fingerprint density at radius 2 is 1.20 bits per heavy atom. The fraction of sp³-hybridized carbons (Fsp3) is 1.00. The summed E-state index contributed by atoms with van der Waals surface area (Å²) in [6.07, 6.45) is 4.09. The molecule has 4 heteroatoms. The Balaban J connectivity index is -0.0000000883. The summed E-state index contributed by atoms with van der Waals surface area (Å²) in [6, 6.07) is 0. The summed E-state index contributed by atoms with van der Waals surface area (Å²) >= 11 is 0. The van der Waals surface area contributed by atoms with Crippen LogP contribution in [0.2, 0.25) is 0 Å². The van der Waals surface area contributed by atoms with Crippen molar-refractivity contribution in [3.8, 4) is 0 Å². The predicted octanol–water partition coefficient (Wildman–Crippen LogP) is 0.290. The Hall–Kier alpha value is -0.160. The predicted molar refractivity (Wildman–Crippen MR) is 65.0 cm³/mol. The Kier molecular flexibility index (Phi) is 22.3. The van der Waals surface area contributed by atoms with E-state index in [1.54, 1.807) is 0 Å². The van der Waals surface area contributed by atoms with Crippen LogP contribution in [0.1, 0.15) is 26.2 Å². The minimum absolute atomic E-state index is 0. The van der Waals surface area contributed by atoms with Gasteiger partial charge in [0, 0.05) is 0 Å². The quantitative estimate of drug-likeness (QED) is 0.551. The Morgan fingerprint density at radius 3 is 1.40 bits per heavy atom. The lowest BCUT2D eigenvalue weighted by atomic mass is 10.2. The molecular formula is C11H32N2O2. The molecule has 0 bridgehead atoms. The minimum atomic E-state index is 0. The van der Waals surface area contributed by atoms with E-state index in [0.29, 0.717) is 0 Å². The number of rotatable bonds is 4. The summed E-state index contributed by atoms with van der Waals surface area (Å²) in [5, 5.41) is 0. The van der Waals surface area contributed by atoms with Crippen LogP contribution >= 0.6 is 0 Å². The highest BCUT2D eigenvalue weighted by Crippen LogP contribution is 1.98. The number of hydrogen-bond acceptors (Lipinski definition) is 2. The van der Waals surface area contributed by atoms with Crippen molar-refractivity contribution in [1.82, 2.24) is 0 Å². The van der Waals surface area contributed by atoms with Crippen LogP contribution in [-0.4, -0.2) is 64.3 Å². The summed E-state index contributed by atoms with van der Waals surface area (Å²) in [5.74, 6) is 0. The van der Waals surface area contributed by atoms with Gasteiger partial charge in [0.25, 0.3) is 0 Å². The van der Waals surface area contributed by atoms with Crippen LogP contribution in [0.5, 0.6) is 0 Å². The molecule has 0 heterocycles. The highest BCUT2D eigenvalue weighted by Gasteiger charge is 2.03. The van der Waals surface area contributed by atoms with Gasteiger partial charge in [0.15, 0.2) is 0 Å². The van der Waals surface area contributed by atoms with Crippen LogP contribution in [0.3, 0.4) is 0 Å². The molecule has 0 spiro atoms. The third kappa shape index (κ3) is 56.9. The van der Waals surface area contributed by atoms with E-state index in [9.17, 15) is 0 Å². The maximum atomic E-state index is 2.25. The summed E-state index contributed by atoms with van der Waals surface area (Å²) < 4.78 is 1.11. The molecule has 0 atom stereocenters. The zero-order valence-electron chi connectivity index (χ0n) is 11.7. The first-order valence-corrected chi connectivity index (χ1v) is 5.36. The lowest BCUT2D eigenvalue weighted by Gasteiger charge is -2.23. The van der Waals surface area contributed by atoms with Gasteiger partial charge in [-0.15, -0.1) is 0 Å². The number of unbranched alkanes of at least 4 members (excludes halogenated alkanes) is 2. The van der Waals surface area contributed by atoms with Gasteiger partial charge in [-0.2, -0.15) is 0 Å². The summed E-state index contributed by atoms with van der Waals surface area (Å²) in [5.41, 5.74) is 0. The first-order valence-electron chi connectivity index (χ1n) is 5.36. The molecule has 0 aromatic carbocycles. The van der Waals surface area contributed by atoms with E-state index in [1.165, 1.54) is 30.7 Å². The van der Waals surface area contributed by atoms with Gasteiger partial charge in [-0.25, -0.2) is 0 Å². The normalized spacial score (nSPS) is 9.60. The molecule has 0 unspecified atom stereocenters. The summed E-state index contributed by atoms with van der Waals surface area (Å²) in [7, 11) is 13.0. The molecule has 0 saturated carbocycles. The van der Waals surface area contributed by atoms with E-state index >= 15 is 0 Å². The van der Waals surface area contributed by atoms with Crippen LogP contribution < -0.4 is 4.90 Å². The molecule has 0 aliphatic heterocycles. The number of nitrogens with one attached hydrogen (secondary N) is 1. The molecule has 0 amide bonds. The summed E-state index contributed by atoms with van der Waals surface area (Å²) in [4.78, 5) is 1.42. The molecule has 0 fully saturated rings. The highest BCUT2D eigenvalue weighted by atomic mass is 16.0. The van der Waals surface area contributed by atoms with Crippen LogP contribution in [0.15, 0.2) is 0 Å². The topological polar surface area (TPSA) is 64.4 Å². The van der Waals surface area contributed by atoms with Gasteiger partial charge >= 0.3 is 0 Å². The van der Waals surface area contributed by atoms with E-state index in [4.69, 9.17) is 0 Å². The lowest BCUT2D eigenvalue weighted by molar-refractivity contribution is -0.870. The molecule has 98 valence electrons. The summed E-state index contributed by atoms with van der Waals surface area (Å²) in [6.45, 7) is 3.56. The van der Waals surface area contributed by atoms with Crippen LogP contribution in [0.25, 0.3) is 0 Å². The van der Waals surface area contributed by atoms with E-state index < -0.39 is 0 Å². The van der Waals surface area contributed by atoms with Crippen molar-refractivity contribution in [2.24, 2.45) is 0 Å². The van der Waals surface area contributed by atoms with E-state index in [2.05, 4.69) is 49.2 Å². The van der Waals surface area contributed by atoms with Crippen molar-refractivity contribution in [3.05, 3.63) is 0 Å². The Morgan fingerprint density at radius 1 is 0.867 bits per heavy atom. The molecule has 0 aromatic heterocycles. The van der Waals surface area contributed by atoms with Crippen molar-refractivity contribution in [2.75, 3.05) is 48.8 Å². The van der Waals surface area contributed by atoms with Crippen LogP contribution in [0, 0.1) is 0 Å². The molecule has 15 heavy (non-hydrogen) atoms. The largest absolute Gasteiger partial charge is 0.870 e. The van der Waals surface area contributed by atoms with Crippen molar-refractivity contribution < 1.29 is 20.3 Å². The fourth-order valence-electron chi connectivity index (χ4n) is 0.836. The monoisotopic (exact) mass is 224 g/mol. The van der Waals surface area contributed by atoms with Gasteiger partial charge in [-0.1, -0.05) is 13.3 Å². The van der Waals surface area contributed by atoms with E-state index in [1.807, 2.05) is 0 Å². The zero-order chi connectivity index (χ0) is 10.9. The second-order valence-corrected chi connectivity index (χ2v) is 5.22. The average Bonchev–Trinajstić information content (AvgIpc) is 1.83. The van der Waals surface area contributed by atoms with Crippen molar-refractivity contribution >= 4 is 0 Å². The fourth-order valence-corrected chi connectivity index (χ4v) is 0.836. The molecule has 0 aromatic rings. The SMILES string of the molecule is CCCCC[N+](C)(C)C.C[NH+](C)C.[OH-].[OH-]. The standard InChI is InChI=1S/C8H20N.C3H9N.2H2O/c1-5-6-7-8-9(2,3)4;1-4(2)3;;/h5-8H2,1-4H3;1-3H3;2*1H2/q+1;;;/p-1. The number of quaternary nitrogens is 2. The Labute approximate surface area is 96.1 Å². The molecule has 4 nitrogen and oxygen atoms in total. The zero-order valence-corrected chi connectivity index (χ0v) is 11.7. The number of hydrogen-bond donors (Lipinski definition) is 1. The molecular weight excluding hydrogens is 192 g/mol. The van der Waals surface area contributed by atoms with Gasteiger partial charge in [0.05, 0.1) is 48.8 Å². The van der Waals surface area contributed by atoms with Crippen LogP contribution in [0.4, 0.5) is 0 Å². The van der Waals surface area contributed by atoms with E-state index in [0.717, 1.165) is 4.48 Å². The second-order valence-electron chi connectivity index (χ2n) is 5.22. The van der Waals surface area contributed by atoms with Gasteiger partial charge in [-0.05, 0) is 12.8 Å².